The van der Waals surface area contributed by atoms with Crippen molar-refractivity contribution in [1.82, 2.24) is 10.0 Å². The van der Waals surface area contributed by atoms with Crippen LogP contribution in [0.25, 0.3) is 0 Å². The van der Waals surface area contributed by atoms with Gasteiger partial charge >= 0.3 is 0 Å². The summed E-state index contributed by atoms with van der Waals surface area (Å²) < 4.78 is 32.9. The first-order chi connectivity index (χ1) is 9.05. The molecule has 1 fully saturated rings. The quantitative estimate of drug-likeness (QED) is 0.797. The Kier molecular flexibility index (Phi) is 4.97. The first-order valence-corrected chi connectivity index (χ1v) is 8.72. The molecule has 0 radical (unpaired) electrons. The van der Waals surface area contributed by atoms with Gasteiger partial charge in [0.25, 0.3) is 0 Å². The molecule has 0 saturated heterocycles. The Labute approximate surface area is 118 Å². The van der Waals surface area contributed by atoms with Crippen LogP contribution in [0.1, 0.15) is 24.6 Å². The van der Waals surface area contributed by atoms with Crippen molar-refractivity contribution in [2.75, 3.05) is 13.7 Å². The van der Waals surface area contributed by atoms with Crippen LogP contribution in [0, 0.1) is 0 Å². The molecule has 0 spiro atoms. The molecule has 2 N–H and O–H groups in total. The molecule has 1 aromatic heterocycles. The van der Waals surface area contributed by atoms with E-state index in [0.717, 1.165) is 17.7 Å². The van der Waals surface area contributed by atoms with Crippen LogP contribution in [-0.2, 0) is 21.3 Å². The molecule has 7 heteroatoms. The Hall–Kier alpha value is -0.470. The van der Waals surface area contributed by atoms with Gasteiger partial charge in [-0.1, -0.05) is 0 Å². The largest absolute Gasteiger partial charge is 0.378 e. The standard InChI is InChI=1S/C12H20N2O3S2/c1-3-17-10-6-9(7-10)14-19(15,16)12-5-4-11(18-12)8-13-2/h4-5,9-10,13-14H,3,6-8H2,1-2H3. The average molecular weight is 304 g/mol. The highest BCUT2D eigenvalue weighted by Crippen LogP contribution is 2.27. The molecule has 0 aromatic carbocycles. The van der Waals surface area contributed by atoms with Gasteiger partial charge in [-0.25, -0.2) is 13.1 Å². The van der Waals surface area contributed by atoms with Gasteiger partial charge in [0.2, 0.25) is 10.0 Å². The van der Waals surface area contributed by atoms with Gasteiger partial charge < -0.3 is 10.1 Å². The summed E-state index contributed by atoms with van der Waals surface area (Å²) in [4.78, 5) is 1.02. The second kappa shape index (κ2) is 6.32. The molecule has 19 heavy (non-hydrogen) atoms. The maximum atomic E-state index is 12.2. The Morgan fingerprint density at radius 2 is 2.16 bits per heavy atom. The van der Waals surface area contributed by atoms with Crippen molar-refractivity contribution in [2.24, 2.45) is 0 Å². The third-order valence-corrected chi connectivity index (χ3v) is 6.17. The fourth-order valence-corrected chi connectivity index (χ4v) is 4.73. The third-order valence-electron chi connectivity index (χ3n) is 3.07. The van der Waals surface area contributed by atoms with Crippen molar-refractivity contribution < 1.29 is 13.2 Å². The first kappa shape index (κ1) is 14.9. The Morgan fingerprint density at radius 3 is 2.79 bits per heavy atom. The molecule has 1 aromatic rings. The molecule has 2 rings (SSSR count). The lowest BCUT2D eigenvalue weighted by molar-refractivity contribution is -0.00474. The van der Waals surface area contributed by atoms with E-state index in [2.05, 4.69) is 10.0 Å². The number of hydrogen-bond acceptors (Lipinski definition) is 5. The number of hydrogen-bond donors (Lipinski definition) is 2. The molecule has 1 saturated carbocycles. The van der Waals surface area contributed by atoms with Crippen molar-refractivity contribution in [1.29, 1.82) is 0 Å². The molecule has 0 amide bonds. The minimum atomic E-state index is -3.37. The van der Waals surface area contributed by atoms with E-state index < -0.39 is 10.0 Å². The van der Waals surface area contributed by atoms with E-state index >= 15 is 0 Å². The monoisotopic (exact) mass is 304 g/mol. The predicted molar refractivity (Wildman–Crippen MR) is 75.8 cm³/mol. The van der Waals surface area contributed by atoms with Crippen molar-refractivity contribution in [2.45, 2.75) is 42.7 Å². The van der Waals surface area contributed by atoms with Crippen molar-refractivity contribution in [3.05, 3.63) is 17.0 Å². The molecule has 1 heterocycles. The number of thiophene rings is 1. The molecule has 1 aliphatic carbocycles. The molecule has 108 valence electrons. The molecular weight excluding hydrogens is 284 g/mol. The summed E-state index contributed by atoms with van der Waals surface area (Å²) in [7, 11) is -1.53. The van der Waals surface area contributed by atoms with Gasteiger partial charge in [0.15, 0.2) is 0 Å². The van der Waals surface area contributed by atoms with E-state index in [4.69, 9.17) is 4.74 Å². The van der Waals surface area contributed by atoms with Gasteiger partial charge in [-0.3, -0.25) is 0 Å². The zero-order valence-corrected chi connectivity index (χ0v) is 12.8. The van der Waals surface area contributed by atoms with Crippen LogP contribution in [0.2, 0.25) is 0 Å². The number of ether oxygens (including phenoxy) is 1. The maximum absolute atomic E-state index is 12.2. The zero-order valence-electron chi connectivity index (χ0n) is 11.2. The normalized spacial score (nSPS) is 23.3. The summed E-state index contributed by atoms with van der Waals surface area (Å²) in [5, 5.41) is 3.01. The Bertz CT molecular complexity index is 507. The lowest BCUT2D eigenvalue weighted by Crippen LogP contribution is -2.47. The lowest BCUT2D eigenvalue weighted by Gasteiger charge is -2.34. The molecule has 5 nitrogen and oxygen atoms in total. The Balaban J connectivity index is 1.91. The van der Waals surface area contributed by atoms with E-state index in [9.17, 15) is 8.42 Å². The summed E-state index contributed by atoms with van der Waals surface area (Å²) in [6.07, 6.45) is 1.74. The average Bonchev–Trinajstić information content (AvgIpc) is 2.76. The molecule has 1 aliphatic rings. The molecule has 0 unspecified atom stereocenters. The third kappa shape index (κ3) is 3.76. The maximum Gasteiger partial charge on any atom is 0.250 e. The van der Waals surface area contributed by atoms with Gasteiger partial charge in [-0.2, -0.15) is 0 Å². The van der Waals surface area contributed by atoms with E-state index in [-0.39, 0.29) is 12.1 Å². The smallest absolute Gasteiger partial charge is 0.250 e. The Morgan fingerprint density at radius 1 is 1.42 bits per heavy atom. The molecule has 0 aliphatic heterocycles. The topological polar surface area (TPSA) is 67.4 Å². The first-order valence-electron chi connectivity index (χ1n) is 6.42. The molecule has 0 bridgehead atoms. The van der Waals surface area contributed by atoms with E-state index in [0.29, 0.717) is 17.4 Å². The van der Waals surface area contributed by atoms with Crippen LogP contribution in [0.5, 0.6) is 0 Å². The van der Waals surface area contributed by atoms with Gasteiger partial charge in [0.05, 0.1) is 6.10 Å². The summed E-state index contributed by atoms with van der Waals surface area (Å²) in [6.45, 7) is 3.32. The van der Waals surface area contributed by atoms with Gasteiger partial charge in [0, 0.05) is 24.1 Å². The number of sulfonamides is 1. The SMILES string of the molecule is CCOC1CC(NS(=O)(=O)c2ccc(CNC)s2)C1. The van der Waals surface area contributed by atoms with Crippen LogP contribution in [-0.4, -0.2) is 34.2 Å². The van der Waals surface area contributed by atoms with E-state index in [1.54, 1.807) is 6.07 Å². The van der Waals surface area contributed by atoms with E-state index in [1.807, 2.05) is 20.0 Å². The van der Waals surface area contributed by atoms with Gasteiger partial charge in [-0.05, 0) is 38.9 Å². The van der Waals surface area contributed by atoms with E-state index in [1.165, 1.54) is 11.3 Å². The summed E-state index contributed by atoms with van der Waals surface area (Å²) in [5.41, 5.74) is 0. The fourth-order valence-electron chi connectivity index (χ4n) is 2.08. The van der Waals surface area contributed by atoms with Gasteiger partial charge in [-0.15, -0.1) is 11.3 Å². The minimum Gasteiger partial charge on any atom is -0.378 e. The van der Waals surface area contributed by atoms with Crippen LogP contribution < -0.4 is 10.0 Å². The highest BCUT2D eigenvalue weighted by Gasteiger charge is 2.33. The summed E-state index contributed by atoms with van der Waals surface area (Å²) >= 11 is 1.31. The van der Waals surface area contributed by atoms with Crippen LogP contribution in [0.4, 0.5) is 0 Å². The van der Waals surface area contributed by atoms with Crippen molar-refractivity contribution in [3.63, 3.8) is 0 Å². The zero-order chi connectivity index (χ0) is 13.9. The van der Waals surface area contributed by atoms with Crippen LogP contribution in [0.15, 0.2) is 16.3 Å². The number of nitrogens with one attached hydrogen (secondary N) is 2. The van der Waals surface area contributed by atoms with Crippen LogP contribution in [0.3, 0.4) is 0 Å². The summed E-state index contributed by atoms with van der Waals surface area (Å²) in [5.74, 6) is 0. The fraction of sp³-hybridized carbons (Fsp3) is 0.667. The second-order valence-electron chi connectivity index (χ2n) is 4.62. The van der Waals surface area contributed by atoms with Crippen molar-refractivity contribution >= 4 is 21.4 Å². The van der Waals surface area contributed by atoms with Gasteiger partial charge in [0.1, 0.15) is 4.21 Å². The predicted octanol–water partition coefficient (Wildman–Crippen LogP) is 1.31. The highest BCUT2D eigenvalue weighted by atomic mass is 32.2. The van der Waals surface area contributed by atoms with Crippen molar-refractivity contribution in [3.8, 4) is 0 Å². The summed E-state index contributed by atoms with van der Waals surface area (Å²) in [6, 6.07) is 3.52. The molecule has 0 atom stereocenters. The molecular formula is C12H20N2O3S2. The minimum absolute atomic E-state index is 0.0106. The highest BCUT2D eigenvalue weighted by molar-refractivity contribution is 7.91. The second-order valence-corrected chi connectivity index (χ2v) is 7.73. The number of rotatable bonds is 7. The lowest BCUT2D eigenvalue weighted by atomic mass is 9.90. The van der Waals surface area contributed by atoms with Crippen LogP contribution >= 0.6 is 11.3 Å².